The summed E-state index contributed by atoms with van der Waals surface area (Å²) in [5, 5.41) is 7.99. The zero-order valence-corrected chi connectivity index (χ0v) is 18.9. The number of fused-ring (bicyclic) bond motifs is 2. The lowest BCUT2D eigenvalue weighted by Gasteiger charge is -2.20. The first-order valence-electron chi connectivity index (χ1n) is 10.4. The van der Waals surface area contributed by atoms with E-state index in [1.807, 2.05) is 36.4 Å². The molecule has 2 aromatic carbocycles. The van der Waals surface area contributed by atoms with Gasteiger partial charge in [0.05, 0.1) is 29.4 Å². The van der Waals surface area contributed by atoms with Crippen LogP contribution in [-0.2, 0) is 21.2 Å². The summed E-state index contributed by atoms with van der Waals surface area (Å²) in [6.45, 7) is 2.35. The summed E-state index contributed by atoms with van der Waals surface area (Å²) in [7, 11) is -3.40. The van der Waals surface area contributed by atoms with Crippen molar-refractivity contribution in [1.82, 2.24) is 14.6 Å². The van der Waals surface area contributed by atoms with Crippen molar-refractivity contribution in [1.29, 1.82) is 0 Å². The summed E-state index contributed by atoms with van der Waals surface area (Å²) in [5.74, 6) is 0.0381. The van der Waals surface area contributed by atoms with Crippen LogP contribution in [0.25, 0.3) is 16.8 Å². The molecule has 0 bridgehead atoms. The smallest absolute Gasteiger partial charge is 0.254 e. The molecule has 1 aliphatic heterocycles. The number of nitrogens with one attached hydrogen (secondary N) is 2. The first kappa shape index (κ1) is 21.0. The lowest BCUT2D eigenvalue weighted by atomic mass is 10.1. The Morgan fingerprint density at radius 1 is 1.15 bits per heavy atom. The third kappa shape index (κ3) is 4.12. The van der Waals surface area contributed by atoms with Crippen LogP contribution >= 0.6 is 0 Å². The molecule has 0 fully saturated rings. The Kier molecular flexibility index (Phi) is 5.01. The number of aromatic nitrogens is 3. The van der Waals surface area contributed by atoms with E-state index in [1.54, 1.807) is 28.9 Å². The SMILES string of the molecule is CC(=O)N(c1ccc2c(c1)NCC2)c1ncc2ccc(-c3cccc(NS(C)(=O)=O)c3)n2n1. The first-order chi connectivity index (χ1) is 15.8. The van der Waals surface area contributed by atoms with Crippen LogP contribution in [0.2, 0.25) is 0 Å². The number of anilines is 4. The maximum Gasteiger partial charge on any atom is 0.254 e. The molecule has 1 aliphatic rings. The van der Waals surface area contributed by atoms with E-state index in [2.05, 4.69) is 20.1 Å². The summed E-state index contributed by atoms with van der Waals surface area (Å²) in [6, 6.07) is 16.7. The molecule has 4 aromatic rings. The van der Waals surface area contributed by atoms with Crippen LogP contribution in [0.15, 0.2) is 60.8 Å². The third-order valence-electron chi connectivity index (χ3n) is 5.42. The van der Waals surface area contributed by atoms with E-state index >= 15 is 0 Å². The van der Waals surface area contributed by atoms with E-state index in [4.69, 9.17) is 0 Å². The van der Waals surface area contributed by atoms with E-state index < -0.39 is 10.0 Å². The first-order valence-corrected chi connectivity index (χ1v) is 12.3. The molecule has 5 rings (SSSR count). The average molecular weight is 463 g/mol. The van der Waals surface area contributed by atoms with Gasteiger partial charge in [-0.3, -0.25) is 9.52 Å². The molecule has 0 saturated heterocycles. The Bertz CT molecular complexity index is 1500. The Morgan fingerprint density at radius 3 is 2.79 bits per heavy atom. The number of sulfonamides is 1. The van der Waals surface area contributed by atoms with Gasteiger partial charge in [-0.15, -0.1) is 5.10 Å². The van der Waals surface area contributed by atoms with Crippen LogP contribution in [0.1, 0.15) is 12.5 Å². The normalized spacial score (nSPS) is 12.9. The van der Waals surface area contributed by atoms with Gasteiger partial charge in [-0.05, 0) is 48.4 Å². The summed E-state index contributed by atoms with van der Waals surface area (Å²) in [4.78, 5) is 18.5. The summed E-state index contributed by atoms with van der Waals surface area (Å²) in [6.07, 6.45) is 3.72. The number of amides is 1. The molecule has 10 heteroatoms. The predicted octanol–water partition coefficient (Wildman–Crippen LogP) is 3.42. The van der Waals surface area contributed by atoms with E-state index in [0.29, 0.717) is 11.4 Å². The van der Waals surface area contributed by atoms with Crippen molar-refractivity contribution in [2.24, 2.45) is 0 Å². The third-order valence-corrected chi connectivity index (χ3v) is 6.03. The van der Waals surface area contributed by atoms with Gasteiger partial charge in [0.15, 0.2) is 0 Å². The van der Waals surface area contributed by atoms with Gasteiger partial charge in [0, 0.05) is 30.4 Å². The number of nitrogens with zero attached hydrogens (tertiary/aromatic N) is 4. The molecule has 3 heterocycles. The second-order valence-corrected chi connectivity index (χ2v) is 9.69. The number of hydrogen-bond acceptors (Lipinski definition) is 6. The van der Waals surface area contributed by atoms with E-state index in [1.165, 1.54) is 17.4 Å². The fraction of sp³-hybridized carbons (Fsp3) is 0.174. The molecule has 9 nitrogen and oxygen atoms in total. The highest BCUT2D eigenvalue weighted by Gasteiger charge is 2.21. The van der Waals surface area contributed by atoms with E-state index in [0.717, 1.165) is 41.7 Å². The van der Waals surface area contributed by atoms with Crippen LogP contribution in [0, 0.1) is 0 Å². The van der Waals surface area contributed by atoms with Crippen molar-refractivity contribution in [3.63, 3.8) is 0 Å². The van der Waals surface area contributed by atoms with Gasteiger partial charge in [0.2, 0.25) is 15.9 Å². The molecular weight excluding hydrogens is 440 g/mol. The van der Waals surface area contributed by atoms with Crippen LogP contribution < -0.4 is 14.9 Å². The fourth-order valence-corrected chi connectivity index (χ4v) is 4.58. The van der Waals surface area contributed by atoms with Crippen LogP contribution in [-0.4, -0.2) is 41.7 Å². The molecule has 2 aromatic heterocycles. The molecular formula is C23H22N6O3S. The van der Waals surface area contributed by atoms with Gasteiger partial charge >= 0.3 is 0 Å². The molecule has 1 amide bonds. The van der Waals surface area contributed by atoms with Crippen LogP contribution in [0.3, 0.4) is 0 Å². The second-order valence-electron chi connectivity index (χ2n) is 7.94. The predicted molar refractivity (Wildman–Crippen MR) is 128 cm³/mol. The van der Waals surface area contributed by atoms with Crippen molar-refractivity contribution in [2.75, 3.05) is 27.7 Å². The highest BCUT2D eigenvalue weighted by atomic mass is 32.2. The largest absolute Gasteiger partial charge is 0.384 e. The van der Waals surface area contributed by atoms with Gasteiger partial charge in [-0.25, -0.2) is 22.8 Å². The maximum atomic E-state index is 12.6. The minimum atomic E-state index is -3.40. The number of rotatable bonds is 5. The molecule has 2 N–H and O–H groups in total. The Morgan fingerprint density at radius 2 is 2.00 bits per heavy atom. The van der Waals surface area contributed by atoms with Gasteiger partial charge in [-0.1, -0.05) is 18.2 Å². The minimum absolute atomic E-state index is 0.208. The maximum absolute atomic E-state index is 12.6. The quantitative estimate of drug-likeness (QED) is 0.470. The number of benzene rings is 2. The standard InChI is InChI=1S/C23H22N6O3S/c1-15(30)28(19-7-6-16-10-11-24-21(16)13-19)23-25-14-20-8-9-22(29(20)26-23)17-4-3-5-18(12-17)27-33(2,31)32/h3-9,12-14,24,27H,10-11H2,1-2H3. The lowest BCUT2D eigenvalue weighted by molar-refractivity contribution is -0.115. The molecule has 0 aliphatic carbocycles. The van der Waals surface area contributed by atoms with Gasteiger partial charge in [0.1, 0.15) is 0 Å². The van der Waals surface area contributed by atoms with Gasteiger partial charge < -0.3 is 5.32 Å². The second kappa shape index (κ2) is 7.89. The van der Waals surface area contributed by atoms with Crippen molar-refractivity contribution in [2.45, 2.75) is 13.3 Å². The fourth-order valence-electron chi connectivity index (χ4n) is 4.03. The number of hydrogen-bond donors (Lipinski definition) is 2. The highest BCUT2D eigenvalue weighted by molar-refractivity contribution is 7.92. The summed E-state index contributed by atoms with van der Waals surface area (Å²) >= 11 is 0. The highest BCUT2D eigenvalue weighted by Crippen LogP contribution is 2.31. The molecule has 33 heavy (non-hydrogen) atoms. The van der Waals surface area contributed by atoms with Crippen LogP contribution in [0.4, 0.5) is 23.0 Å². The van der Waals surface area contributed by atoms with Crippen molar-refractivity contribution in [3.05, 3.63) is 66.4 Å². The lowest BCUT2D eigenvalue weighted by Crippen LogP contribution is -2.25. The molecule has 0 unspecified atom stereocenters. The van der Waals surface area contributed by atoms with E-state index in [9.17, 15) is 13.2 Å². The zero-order chi connectivity index (χ0) is 23.2. The zero-order valence-electron chi connectivity index (χ0n) is 18.1. The Labute approximate surface area is 191 Å². The van der Waals surface area contributed by atoms with Crippen molar-refractivity contribution >= 4 is 44.5 Å². The van der Waals surface area contributed by atoms with Gasteiger partial charge in [0.25, 0.3) is 5.95 Å². The molecule has 168 valence electrons. The van der Waals surface area contributed by atoms with Crippen LogP contribution in [0.5, 0.6) is 0 Å². The van der Waals surface area contributed by atoms with Gasteiger partial charge in [-0.2, -0.15) is 0 Å². The molecule has 0 atom stereocenters. The minimum Gasteiger partial charge on any atom is -0.384 e. The summed E-state index contributed by atoms with van der Waals surface area (Å²) < 4.78 is 27.4. The Balaban J connectivity index is 1.58. The summed E-state index contributed by atoms with van der Waals surface area (Å²) in [5.41, 5.74) is 5.62. The van der Waals surface area contributed by atoms with Crippen molar-refractivity contribution < 1.29 is 13.2 Å². The number of carbonyl (C=O) groups excluding carboxylic acids is 1. The van der Waals surface area contributed by atoms with E-state index in [-0.39, 0.29) is 11.9 Å². The monoisotopic (exact) mass is 462 g/mol. The average Bonchev–Trinajstić information content (AvgIpc) is 3.39. The number of carbonyl (C=O) groups is 1. The molecule has 0 saturated carbocycles. The Hall–Kier alpha value is -3.92. The molecule has 0 radical (unpaired) electrons. The molecule has 0 spiro atoms. The van der Waals surface area contributed by atoms with Crippen molar-refractivity contribution in [3.8, 4) is 11.3 Å². The topological polar surface area (TPSA) is 109 Å².